The zero-order chi connectivity index (χ0) is 20.8. The molecule has 0 atom stereocenters. The molecule has 0 saturated carbocycles. The first kappa shape index (κ1) is 21.1. The van der Waals surface area contributed by atoms with E-state index in [-0.39, 0.29) is 6.54 Å². The molecule has 0 aliphatic heterocycles. The van der Waals surface area contributed by atoms with E-state index in [0.29, 0.717) is 27.7 Å². The second-order valence-electron chi connectivity index (χ2n) is 6.30. The van der Waals surface area contributed by atoms with Crippen molar-refractivity contribution >= 4 is 45.0 Å². The van der Waals surface area contributed by atoms with E-state index in [1.54, 1.807) is 47.0 Å². The van der Waals surface area contributed by atoms with Gasteiger partial charge in [0, 0.05) is 10.6 Å². The molecule has 0 bridgehead atoms. The van der Waals surface area contributed by atoms with Gasteiger partial charge >= 0.3 is 5.97 Å². The number of rotatable bonds is 7. The van der Waals surface area contributed by atoms with Crippen LogP contribution in [0.3, 0.4) is 0 Å². The average molecular weight is 433 g/mol. The molecule has 3 rings (SSSR count). The number of amides is 1. The number of halogens is 1. The molecule has 0 spiro atoms. The maximum atomic E-state index is 12.7. The zero-order valence-electron chi connectivity index (χ0n) is 16.2. The number of carbonyl (C=O) groups is 2. The standard InChI is InChI=1S/C21H21ClN2O4S/c1-3-4-11-28-16-8-5-14(6-9-16)20(26)23-21-24(13-19(25)27-2)17-10-7-15(22)12-18(17)29-21/h5-10,12H,3-4,11,13H2,1-2H3. The molecule has 0 N–H and O–H groups in total. The van der Waals surface area contributed by atoms with Gasteiger partial charge in [-0.1, -0.05) is 36.3 Å². The van der Waals surface area contributed by atoms with Gasteiger partial charge in [-0.25, -0.2) is 0 Å². The Labute approximate surface area is 177 Å². The molecule has 1 amide bonds. The Kier molecular flexibility index (Phi) is 7.06. The van der Waals surface area contributed by atoms with Crippen LogP contribution < -0.4 is 9.54 Å². The summed E-state index contributed by atoms with van der Waals surface area (Å²) in [5, 5.41) is 0.570. The smallest absolute Gasteiger partial charge is 0.325 e. The second-order valence-corrected chi connectivity index (χ2v) is 7.75. The first-order valence-corrected chi connectivity index (χ1v) is 10.4. The molecule has 2 aromatic carbocycles. The Balaban J connectivity index is 1.93. The molecule has 152 valence electrons. The minimum absolute atomic E-state index is 0.0472. The Bertz CT molecular complexity index is 1090. The van der Waals surface area contributed by atoms with E-state index in [1.807, 2.05) is 0 Å². The number of esters is 1. The predicted molar refractivity (Wildman–Crippen MR) is 114 cm³/mol. The summed E-state index contributed by atoms with van der Waals surface area (Å²) in [4.78, 5) is 29.2. The van der Waals surface area contributed by atoms with Crippen LogP contribution in [-0.4, -0.2) is 30.2 Å². The Morgan fingerprint density at radius 3 is 2.62 bits per heavy atom. The van der Waals surface area contributed by atoms with Crippen molar-refractivity contribution in [1.82, 2.24) is 4.57 Å². The number of unbranched alkanes of at least 4 members (excludes halogenated alkanes) is 1. The summed E-state index contributed by atoms with van der Waals surface area (Å²) in [6.07, 6.45) is 2.04. The largest absolute Gasteiger partial charge is 0.494 e. The monoisotopic (exact) mass is 432 g/mol. The van der Waals surface area contributed by atoms with Crippen molar-refractivity contribution in [2.24, 2.45) is 4.99 Å². The number of methoxy groups -OCH3 is 1. The summed E-state index contributed by atoms with van der Waals surface area (Å²) in [5.74, 6) is -0.115. The lowest BCUT2D eigenvalue weighted by atomic mass is 10.2. The van der Waals surface area contributed by atoms with Gasteiger partial charge in [-0.05, 0) is 48.9 Å². The SMILES string of the molecule is CCCCOc1ccc(C(=O)N=c2sc3cc(Cl)ccc3n2CC(=O)OC)cc1. The lowest BCUT2D eigenvalue weighted by molar-refractivity contribution is -0.141. The third-order valence-corrected chi connectivity index (χ3v) is 5.50. The molecule has 0 fully saturated rings. The van der Waals surface area contributed by atoms with E-state index in [2.05, 4.69) is 11.9 Å². The number of fused-ring (bicyclic) bond motifs is 1. The molecule has 1 aromatic heterocycles. The molecule has 0 unspecified atom stereocenters. The van der Waals surface area contributed by atoms with Crippen LogP contribution in [0, 0.1) is 0 Å². The number of ether oxygens (including phenoxy) is 2. The number of benzene rings is 2. The average Bonchev–Trinajstić information content (AvgIpc) is 3.04. The van der Waals surface area contributed by atoms with E-state index in [9.17, 15) is 9.59 Å². The molecule has 0 radical (unpaired) electrons. The van der Waals surface area contributed by atoms with Crippen molar-refractivity contribution in [1.29, 1.82) is 0 Å². The zero-order valence-corrected chi connectivity index (χ0v) is 17.8. The fourth-order valence-corrected chi connectivity index (χ4v) is 3.96. The van der Waals surface area contributed by atoms with Gasteiger partial charge in [-0.15, -0.1) is 0 Å². The minimum Gasteiger partial charge on any atom is -0.494 e. The molecule has 6 nitrogen and oxygen atoms in total. The molecule has 29 heavy (non-hydrogen) atoms. The Hall–Kier alpha value is -2.64. The van der Waals surface area contributed by atoms with Crippen LogP contribution in [0.1, 0.15) is 30.1 Å². The van der Waals surface area contributed by atoms with E-state index >= 15 is 0 Å². The van der Waals surface area contributed by atoms with Gasteiger partial charge in [0.2, 0.25) is 0 Å². The van der Waals surface area contributed by atoms with Crippen LogP contribution in [0.5, 0.6) is 5.75 Å². The maximum absolute atomic E-state index is 12.7. The van der Waals surface area contributed by atoms with Crippen LogP contribution in [0.25, 0.3) is 10.2 Å². The van der Waals surface area contributed by atoms with Crippen molar-refractivity contribution in [2.75, 3.05) is 13.7 Å². The van der Waals surface area contributed by atoms with Crippen LogP contribution in [0.15, 0.2) is 47.5 Å². The lowest BCUT2D eigenvalue weighted by Crippen LogP contribution is -2.22. The number of aromatic nitrogens is 1. The van der Waals surface area contributed by atoms with E-state index in [0.717, 1.165) is 23.1 Å². The fraction of sp³-hybridized carbons (Fsp3) is 0.286. The van der Waals surface area contributed by atoms with Crippen molar-refractivity contribution < 1.29 is 19.1 Å². The number of hydrogen-bond acceptors (Lipinski definition) is 5. The van der Waals surface area contributed by atoms with Crippen LogP contribution in [0.4, 0.5) is 0 Å². The third-order valence-electron chi connectivity index (χ3n) is 4.22. The number of hydrogen-bond donors (Lipinski definition) is 0. The number of carbonyl (C=O) groups excluding carboxylic acids is 2. The van der Waals surface area contributed by atoms with Gasteiger partial charge in [0.25, 0.3) is 5.91 Å². The molecular weight excluding hydrogens is 412 g/mol. The normalized spacial score (nSPS) is 11.6. The molecular formula is C21H21ClN2O4S. The van der Waals surface area contributed by atoms with Gasteiger partial charge in [-0.2, -0.15) is 4.99 Å². The Morgan fingerprint density at radius 2 is 1.93 bits per heavy atom. The summed E-state index contributed by atoms with van der Waals surface area (Å²) < 4.78 is 12.9. The number of thiazole rings is 1. The highest BCUT2D eigenvalue weighted by atomic mass is 35.5. The molecule has 0 aliphatic carbocycles. The van der Waals surface area contributed by atoms with Crippen LogP contribution in [-0.2, 0) is 16.1 Å². The van der Waals surface area contributed by atoms with E-state index in [1.165, 1.54) is 18.4 Å². The summed E-state index contributed by atoms with van der Waals surface area (Å²) in [5.41, 5.74) is 1.20. The second kappa shape index (κ2) is 9.71. The number of nitrogens with zero attached hydrogens (tertiary/aromatic N) is 2. The van der Waals surface area contributed by atoms with E-state index in [4.69, 9.17) is 21.1 Å². The van der Waals surface area contributed by atoms with Gasteiger partial charge in [0.1, 0.15) is 12.3 Å². The van der Waals surface area contributed by atoms with Crippen molar-refractivity contribution in [2.45, 2.75) is 26.3 Å². The molecule has 1 heterocycles. The molecule has 3 aromatic rings. The van der Waals surface area contributed by atoms with Gasteiger partial charge in [0.05, 0.1) is 23.9 Å². The van der Waals surface area contributed by atoms with Crippen molar-refractivity contribution in [3.8, 4) is 5.75 Å². The highest BCUT2D eigenvalue weighted by Gasteiger charge is 2.13. The highest BCUT2D eigenvalue weighted by Crippen LogP contribution is 2.22. The highest BCUT2D eigenvalue weighted by molar-refractivity contribution is 7.16. The topological polar surface area (TPSA) is 69.9 Å². The van der Waals surface area contributed by atoms with E-state index < -0.39 is 11.9 Å². The summed E-state index contributed by atoms with van der Waals surface area (Å²) in [6.45, 7) is 2.70. The first-order valence-electron chi connectivity index (χ1n) is 9.19. The molecule has 0 aliphatic rings. The van der Waals surface area contributed by atoms with Gasteiger partial charge in [0.15, 0.2) is 4.80 Å². The molecule has 8 heteroatoms. The maximum Gasteiger partial charge on any atom is 0.325 e. The first-order chi connectivity index (χ1) is 14.0. The summed E-state index contributed by atoms with van der Waals surface area (Å²) >= 11 is 7.36. The van der Waals surface area contributed by atoms with Crippen LogP contribution in [0.2, 0.25) is 5.02 Å². The van der Waals surface area contributed by atoms with Gasteiger partial charge < -0.3 is 14.0 Å². The summed E-state index contributed by atoms with van der Waals surface area (Å²) in [7, 11) is 1.32. The third kappa shape index (κ3) is 5.25. The van der Waals surface area contributed by atoms with Crippen molar-refractivity contribution in [3.63, 3.8) is 0 Å². The quantitative estimate of drug-likeness (QED) is 0.408. The predicted octanol–water partition coefficient (Wildman–Crippen LogP) is 4.45. The fourth-order valence-electron chi connectivity index (χ4n) is 2.66. The summed E-state index contributed by atoms with van der Waals surface area (Å²) in [6, 6.07) is 12.2. The molecule has 0 saturated heterocycles. The van der Waals surface area contributed by atoms with Crippen molar-refractivity contribution in [3.05, 3.63) is 57.9 Å². The Morgan fingerprint density at radius 1 is 1.17 bits per heavy atom. The lowest BCUT2D eigenvalue weighted by Gasteiger charge is -2.05. The minimum atomic E-state index is -0.429. The van der Waals surface area contributed by atoms with Crippen LogP contribution >= 0.6 is 22.9 Å². The van der Waals surface area contributed by atoms with Gasteiger partial charge in [-0.3, -0.25) is 9.59 Å².